The molecule has 1 amide bonds. The van der Waals surface area contributed by atoms with Gasteiger partial charge in [-0.25, -0.2) is 4.98 Å². The number of amides is 1. The van der Waals surface area contributed by atoms with Crippen molar-refractivity contribution in [2.45, 2.75) is 37.5 Å². The van der Waals surface area contributed by atoms with Crippen molar-refractivity contribution in [3.05, 3.63) is 36.5 Å². The Kier molecular flexibility index (Phi) is 5.15. The number of anilines is 1. The fourth-order valence-electron chi connectivity index (χ4n) is 4.29. The monoisotopic (exact) mass is 398 g/mol. The van der Waals surface area contributed by atoms with E-state index >= 15 is 0 Å². The van der Waals surface area contributed by atoms with Crippen LogP contribution in [0.5, 0.6) is 0 Å². The highest BCUT2D eigenvalue weighted by Crippen LogP contribution is 2.26. The van der Waals surface area contributed by atoms with Gasteiger partial charge in [0.05, 0.1) is 31.6 Å². The Labute approximate surface area is 169 Å². The highest BCUT2D eigenvalue weighted by Gasteiger charge is 2.38. The molecule has 2 aromatic heterocycles. The first-order valence-electron chi connectivity index (χ1n) is 10.4. The van der Waals surface area contributed by atoms with Crippen LogP contribution < -0.4 is 4.90 Å². The summed E-state index contributed by atoms with van der Waals surface area (Å²) in [5.74, 6) is 0.679. The van der Waals surface area contributed by atoms with Gasteiger partial charge in [0.1, 0.15) is 23.7 Å². The first-order chi connectivity index (χ1) is 14.3. The smallest absolute Gasteiger partial charge is 0.274 e. The van der Waals surface area contributed by atoms with E-state index in [0.717, 1.165) is 25.9 Å². The standard InChI is InChI=1S/C20H26N6O3/c27-20(24-6-2-1-3-7-24)16-9-21-10-19(23-16)25-11-17-18(12-25)29-14-15(13-28-17)26-8-4-5-22-26/h4-5,8-10,15,17-18H,1-3,6-7,11-14H2/t17-,18-/m0/s1. The summed E-state index contributed by atoms with van der Waals surface area (Å²) in [4.78, 5) is 25.6. The SMILES string of the molecule is O=C(c1cncc(N2C[C@@H]3OCC(n4cccn4)CO[C@H]3C2)n1)N1CCCCC1. The molecule has 5 rings (SSSR count). The maximum atomic E-state index is 12.8. The number of ether oxygens (including phenoxy) is 2. The van der Waals surface area contributed by atoms with E-state index in [1.54, 1.807) is 18.6 Å². The number of piperidine rings is 1. The molecule has 0 saturated carbocycles. The van der Waals surface area contributed by atoms with Gasteiger partial charge >= 0.3 is 0 Å². The van der Waals surface area contributed by atoms with Crippen molar-refractivity contribution in [3.8, 4) is 0 Å². The van der Waals surface area contributed by atoms with E-state index in [-0.39, 0.29) is 24.2 Å². The van der Waals surface area contributed by atoms with E-state index in [1.807, 2.05) is 21.8 Å². The highest BCUT2D eigenvalue weighted by molar-refractivity contribution is 5.92. The molecule has 0 bridgehead atoms. The molecule has 9 heteroatoms. The zero-order valence-electron chi connectivity index (χ0n) is 16.4. The van der Waals surface area contributed by atoms with E-state index in [4.69, 9.17) is 9.47 Å². The zero-order chi connectivity index (χ0) is 19.6. The zero-order valence-corrected chi connectivity index (χ0v) is 16.4. The molecule has 2 aromatic rings. The number of hydrogen-bond donors (Lipinski definition) is 0. The summed E-state index contributed by atoms with van der Waals surface area (Å²) in [5, 5.41) is 4.29. The molecule has 2 atom stereocenters. The van der Waals surface area contributed by atoms with Gasteiger partial charge in [-0.2, -0.15) is 5.10 Å². The van der Waals surface area contributed by atoms with Crippen LogP contribution in [0.15, 0.2) is 30.9 Å². The number of nitrogens with zero attached hydrogens (tertiary/aromatic N) is 6. The molecule has 3 aliphatic heterocycles. The average Bonchev–Trinajstić information content (AvgIpc) is 3.41. The van der Waals surface area contributed by atoms with Gasteiger partial charge in [0.15, 0.2) is 0 Å². The summed E-state index contributed by atoms with van der Waals surface area (Å²) >= 11 is 0. The quantitative estimate of drug-likeness (QED) is 0.766. The number of carbonyl (C=O) groups excluding carboxylic acids is 1. The second-order valence-electron chi connectivity index (χ2n) is 7.90. The molecule has 154 valence electrons. The minimum absolute atomic E-state index is 0.0259. The van der Waals surface area contributed by atoms with E-state index in [2.05, 4.69) is 20.0 Å². The molecule has 29 heavy (non-hydrogen) atoms. The minimum Gasteiger partial charge on any atom is -0.371 e. The second kappa shape index (κ2) is 8.08. The van der Waals surface area contributed by atoms with E-state index < -0.39 is 0 Å². The van der Waals surface area contributed by atoms with E-state index in [1.165, 1.54) is 6.42 Å². The Bertz CT molecular complexity index is 823. The number of aromatic nitrogens is 4. The van der Waals surface area contributed by atoms with Crippen LogP contribution in [0.3, 0.4) is 0 Å². The number of fused-ring (bicyclic) bond motifs is 1. The van der Waals surface area contributed by atoms with Gasteiger partial charge in [-0.15, -0.1) is 0 Å². The first-order valence-corrected chi connectivity index (χ1v) is 10.4. The average molecular weight is 398 g/mol. The normalized spacial score (nSPS) is 25.7. The summed E-state index contributed by atoms with van der Waals surface area (Å²) in [7, 11) is 0. The van der Waals surface area contributed by atoms with Crippen molar-refractivity contribution in [2.24, 2.45) is 0 Å². The molecule has 0 aromatic carbocycles. The molecular formula is C20H26N6O3. The summed E-state index contributed by atoms with van der Waals surface area (Å²) < 4.78 is 14.2. The summed E-state index contributed by atoms with van der Waals surface area (Å²) in [5.41, 5.74) is 0.414. The largest absolute Gasteiger partial charge is 0.371 e. The van der Waals surface area contributed by atoms with Crippen LogP contribution >= 0.6 is 0 Å². The van der Waals surface area contributed by atoms with Crippen LogP contribution in [0.1, 0.15) is 35.8 Å². The molecule has 5 heterocycles. The van der Waals surface area contributed by atoms with Gasteiger partial charge in [0.2, 0.25) is 0 Å². The Balaban J connectivity index is 1.25. The predicted octanol–water partition coefficient (Wildman–Crippen LogP) is 1.14. The molecule has 3 saturated heterocycles. The topological polar surface area (TPSA) is 85.6 Å². The number of hydrogen-bond acceptors (Lipinski definition) is 7. The predicted molar refractivity (Wildman–Crippen MR) is 105 cm³/mol. The second-order valence-corrected chi connectivity index (χ2v) is 7.90. The minimum atomic E-state index is -0.0289. The lowest BCUT2D eigenvalue weighted by atomic mass is 10.1. The lowest BCUT2D eigenvalue weighted by molar-refractivity contribution is -0.00461. The van der Waals surface area contributed by atoms with Crippen molar-refractivity contribution >= 4 is 11.7 Å². The molecule has 9 nitrogen and oxygen atoms in total. The van der Waals surface area contributed by atoms with Gasteiger partial charge in [0, 0.05) is 38.6 Å². The number of likely N-dealkylation sites (tertiary alicyclic amines) is 1. The fraction of sp³-hybridized carbons (Fsp3) is 0.600. The van der Waals surface area contributed by atoms with Crippen molar-refractivity contribution in [1.29, 1.82) is 0 Å². The molecule has 0 radical (unpaired) electrons. The van der Waals surface area contributed by atoms with Crippen LogP contribution in [0, 0.1) is 0 Å². The Morgan fingerprint density at radius 3 is 2.48 bits per heavy atom. The highest BCUT2D eigenvalue weighted by atomic mass is 16.6. The van der Waals surface area contributed by atoms with Gasteiger partial charge < -0.3 is 19.3 Å². The van der Waals surface area contributed by atoms with Crippen LogP contribution in [0.4, 0.5) is 5.82 Å². The molecule has 0 aliphatic carbocycles. The van der Waals surface area contributed by atoms with Gasteiger partial charge in [-0.1, -0.05) is 0 Å². The third-order valence-corrected chi connectivity index (χ3v) is 5.93. The first kappa shape index (κ1) is 18.5. The van der Waals surface area contributed by atoms with E-state index in [0.29, 0.717) is 37.8 Å². The van der Waals surface area contributed by atoms with Crippen molar-refractivity contribution in [1.82, 2.24) is 24.6 Å². The van der Waals surface area contributed by atoms with Crippen molar-refractivity contribution in [3.63, 3.8) is 0 Å². The third kappa shape index (κ3) is 3.84. The Morgan fingerprint density at radius 2 is 1.79 bits per heavy atom. The summed E-state index contributed by atoms with van der Waals surface area (Å²) in [6.07, 6.45) is 10.2. The van der Waals surface area contributed by atoms with Gasteiger partial charge in [0.25, 0.3) is 5.91 Å². The van der Waals surface area contributed by atoms with Crippen LogP contribution in [-0.4, -0.2) is 82.2 Å². The van der Waals surface area contributed by atoms with Gasteiger partial charge in [-0.3, -0.25) is 14.5 Å². The summed E-state index contributed by atoms with van der Waals surface area (Å²) in [6.45, 7) is 4.08. The lowest BCUT2D eigenvalue weighted by Gasteiger charge is -2.26. The van der Waals surface area contributed by atoms with E-state index in [9.17, 15) is 4.79 Å². The number of carbonyl (C=O) groups is 1. The molecule has 3 aliphatic rings. The van der Waals surface area contributed by atoms with Crippen molar-refractivity contribution in [2.75, 3.05) is 44.3 Å². The Morgan fingerprint density at radius 1 is 1.03 bits per heavy atom. The molecule has 0 unspecified atom stereocenters. The van der Waals surface area contributed by atoms with Crippen LogP contribution in [0.25, 0.3) is 0 Å². The maximum absolute atomic E-state index is 12.8. The van der Waals surface area contributed by atoms with Crippen molar-refractivity contribution < 1.29 is 14.3 Å². The molecule has 0 spiro atoms. The van der Waals surface area contributed by atoms with Gasteiger partial charge in [-0.05, 0) is 25.3 Å². The lowest BCUT2D eigenvalue weighted by Crippen LogP contribution is -2.36. The number of rotatable bonds is 3. The third-order valence-electron chi connectivity index (χ3n) is 5.93. The van der Waals surface area contributed by atoms with Crippen LogP contribution in [-0.2, 0) is 9.47 Å². The van der Waals surface area contributed by atoms with Crippen LogP contribution in [0.2, 0.25) is 0 Å². The fourth-order valence-corrected chi connectivity index (χ4v) is 4.29. The Hall–Kier alpha value is -2.52. The maximum Gasteiger partial charge on any atom is 0.274 e. The molecular weight excluding hydrogens is 372 g/mol. The summed E-state index contributed by atoms with van der Waals surface area (Å²) in [6, 6.07) is 2.00. The molecule has 3 fully saturated rings. The molecule has 0 N–H and O–H groups in total.